The third kappa shape index (κ3) is 4.03. The number of rotatable bonds is 5. The van der Waals surface area contributed by atoms with Crippen LogP contribution in [0.5, 0.6) is 0 Å². The molecule has 3 rings (SSSR count). The summed E-state index contributed by atoms with van der Waals surface area (Å²) in [6.07, 6.45) is 0. The lowest BCUT2D eigenvalue weighted by molar-refractivity contribution is -0.113. The van der Waals surface area contributed by atoms with Gasteiger partial charge in [0.2, 0.25) is 5.91 Å². The van der Waals surface area contributed by atoms with Gasteiger partial charge in [0.25, 0.3) is 0 Å². The van der Waals surface area contributed by atoms with Gasteiger partial charge in [0.1, 0.15) is 0 Å². The highest BCUT2D eigenvalue weighted by molar-refractivity contribution is 7.99. The van der Waals surface area contributed by atoms with Crippen LogP contribution in [0.1, 0.15) is 15.9 Å². The summed E-state index contributed by atoms with van der Waals surface area (Å²) >= 11 is 1.36. The number of nitrogens with zero attached hydrogens (tertiary/aromatic N) is 1. The first-order valence-corrected chi connectivity index (χ1v) is 9.03. The van der Waals surface area contributed by atoms with E-state index in [-0.39, 0.29) is 11.7 Å². The molecule has 26 heavy (non-hydrogen) atoms. The van der Waals surface area contributed by atoms with Crippen molar-refractivity contribution in [2.24, 2.45) is 0 Å². The van der Waals surface area contributed by atoms with E-state index in [1.54, 1.807) is 24.3 Å². The number of carbonyl (C=O) groups is 2. The molecule has 0 saturated heterocycles. The van der Waals surface area contributed by atoms with Crippen LogP contribution in [0.15, 0.2) is 59.6 Å². The fourth-order valence-electron chi connectivity index (χ4n) is 2.60. The minimum absolute atomic E-state index is 0.195. The maximum Gasteiger partial charge on any atom is 0.339 e. The van der Waals surface area contributed by atoms with E-state index in [2.05, 4.69) is 10.3 Å². The van der Waals surface area contributed by atoms with Gasteiger partial charge in [-0.3, -0.25) is 4.79 Å². The molecule has 2 aromatic carbocycles. The van der Waals surface area contributed by atoms with Gasteiger partial charge in [0.15, 0.2) is 0 Å². The van der Waals surface area contributed by atoms with E-state index in [0.29, 0.717) is 11.3 Å². The van der Waals surface area contributed by atoms with Gasteiger partial charge in [0, 0.05) is 5.39 Å². The molecule has 6 heteroatoms. The summed E-state index contributed by atoms with van der Waals surface area (Å²) in [5.41, 5.74) is 2.79. The highest BCUT2D eigenvalue weighted by atomic mass is 32.2. The van der Waals surface area contributed by atoms with E-state index in [4.69, 9.17) is 4.74 Å². The topological polar surface area (TPSA) is 68.3 Å². The minimum atomic E-state index is -0.486. The number of amides is 1. The van der Waals surface area contributed by atoms with Gasteiger partial charge in [-0.2, -0.15) is 0 Å². The zero-order valence-electron chi connectivity index (χ0n) is 14.5. The van der Waals surface area contributed by atoms with Crippen LogP contribution in [-0.2, 0) is 9.53 Å². The second-order valence-corrected chi connectivity index (χ2v) is 6.66. The Balaban J connectivity index is 1.69. The number of thioether (sulfide) groups is 1. The van der Waals surface area contributed by atoms with Crippen molar-refractivity contribution in [2.75, 3.05) is 18.2 Å². The molecule has 0 bridgehead atoms. The quantitative estimate of drug-likeness (QED) is 0.545. The van der Waals surface area contributed by atoms with E-state index in [1.165, 1.54) is 18.9 Å². The summed E-state index contributed by atoms with van der Waals surface area (Å²) in [6.45, 7) is 2.03. The molecule has 3 aromatic rings. The number of aryl methyl sites for hydroxylation is 1. The molecule has 0 aliphatic carbocycles. The molecule has 1 N–H and O–H groups in total. The molecule has 5 nitrogen and oxygen atoms in total. The summed E-state index contributed by atoms with van der Waals surface area (Å²) in [5, 5.41) is 4.65. The van der Waals surface area contributed by atoms with Crippen molar-refractivity contribution in [2.45, 2.75) is 11.9 Å². The van der Waals surface area contributed by atoms with E-state index < -0.39 is 5.97 Å². The lowest BCUT2D eigenvalue weighted by atomic mass is 10.1. The second kappa shape index (κ2) is 8.01. The summed E-state index contributed by atoms with van der Waals surface area (Å²) in [4.78, 5) is 28.6. The van der Waals surface area contributed by atoms with Gasteiger partial charge in [-0.15, -0.1) is 0 Å². The van der Waals surface area contributed by atoms with Gasteiger partial charge < -0.3 is 10.1 Å². The number of pyridine rings is 1. The van der Waals surface area contributed by atoms with Crippen LogP contribution in [0.25, 0.3) is 10.9 Å². The number of hydrogen-bond acceptors (Lipinski definition) is 5. The Labute approximate surface area is 155 Å². The number of ether oxygens (including phenoxy) is 1. The molecule has 0 aliphatic heterocycles. The molecule has 0 fully saturated rings. The molecule has 132 valence electrons. The maximum atomic E-state index is 12.3. The SMILES string of the molecule is COC(=O)c1ccccc1NC(=O)CSc1cc(C)c2ccccc2n1. The van der Waals surface area contributed by atoms with Crippen molar-refractivity contribution in [3.63, 3.8) is 0 Å². The maximum absolute atomic E-state index is 12.3. The molecule has 0 atom stereocenters. The van der Waals surface area contributed by atoms with Crippen LogP contribution in [-0.4, -0.2) is 29.7 Å². The average Bonchev–Trinajstić information content (AvgIpc) is 2.66. The Morgan fingerprint density at radius 2 is 1.85 bits per heavy atom. The molecular weight excluding hydrogens is 348 g/mol. The van der Waals surface area contributed by atoms with Crippen LogP contribution >= 0.6 is 11.8 Å². The fraction of sp³-hybridized carbons (Fsp3) is 0.150. The number of methoxy groups -OCH3 is 1. The third-order valence-corrected chi connectivity index (χ3v) is 4.77. The predicted molar refractivity (Wildman–Crippen MR) is 104 cm³/mol. The number of carbonyl (C=O) groups excluding carboxylic acids is 2. The van der Waals surface area contributed by atoms with Crippen LogP contribution < -0.4 is 5.32 Å². The second-order valence-electron chi connectivity index (χ2n) is 5.67. The number of para-hydroxylation sites is 2. The number of fused-ring (bicyclic) bond motifs is 1. The van der Waals surface area contributed by atoms with Crippen molar-refractivity contribution in [3.8, 4) is 0 Å². The first kappa shape index (κ1) is 17.9. The lowest BCUT2D eigenvalue weighted by Gasteiger charge is -2.10. The average molecular weight is 366 g/mol. The Hall–Kier alpha value is -2.86. The molecule has 0 saturated carbocycles. The van der Waals surface area contributed by atoms with Gasteiger partial charge >= 0.3 is 5.97 Å². The molecule has 0 aliphatic rings. The van der Waals surface area contributed by atoms with Crippen molar-refractivity contribution in [1.29, 1.82) is 0 Å². The molecule has 0 radical (unpaired) electrons. The predicted octanol–water partition coefficient (Wildman–Crippen LogP) is 4.06. The first-order valence-electron chi connectivity index (χ1n) is 8.05. The number of anilines is 1. The fourth-order valence-corrected chi connectivity index (χ4v) is 3.37. The Kier molecular flexibility index (Phi) is 5.53. The monoisotopic (exact) mass is 366 g/mol. The smallest absolute Gasteiger partial charge is 0.339 e. The normalized spacial score (nSPS) is 10.5. The van der Waals surface area contributed by atoms with Crippen molar-refractivity contribution < 1.29 is 14.3 Å². The van der Waals surface area contributed by atoms with E-state index in [0.717, 1.165) is 21.5 Å². The van der Waals surface area contributed by atoms with Crippen molar-refractivity contribution in [1.82, 2.24) is 4.98 Å². The van der Waals surface area contributed by atoms with Gasteiger partial charge in [-0.1, -0.05) is 42.1 Å². The molecule has 1 amide bonds. The first-order chi connectivity index (χ1) is 12.6. The molecule has 1 aromatic heterocycles. The summed E-state index contributed by atoms with van der Waals surface area (Å²) in [6, 6.07) is 16.7. The lowest BCUT2D eigenvalue weighted by Crippen LogP contribution is -2.17. The molecular formula is C20H18N2O3S. The molecule has 0 unspecified atom stereocenters. The van der Waals surface area contributed by atoms with Gasteiger partial charge in [0.05, 0.1) is 34.7 Å². The summed E-state index contributed by atoms with van der Waals surface area (Å²) in [5.74, 6) is -0.500. The van der Waals surface area contributed by atoms with E-state index >= 15 is 0 Å². The number of benzene rings is 2. The number of nitrogens with one attached hydrogen (secondary N) is 1. The van der Waals surface area contributed by atoms with Crippen molar-refractivity contribution in [3.05, 3.63) is 65.7 Å². The highest BCUT2D eigenvalue weighted by Gasteiger charge is 2.13. The van der Waals surface area contributed by atoms with Crippen LogP contribution in [0.3, 0.4) is 0 Å². The zero-order valence-corrected chi connectivity index (χ0v) is 15.3. The summed E-state index contributed by atoms with van der Waals surface area (Å²) < 4.78 is 4.74. The largest absolute Gasteiger partial charge is 0.465 e. The highest BCUT2D eigenvalue weighted by Crippen LogP contribution is 2.24. The third-order valence-electron chi connectivity index (χ3n) is 3.86. The zero-order chi connectivity index (χ0) is 18.5. The van der Waals surface area contributed by atoms with Crippen molar-refractivity contribution >= 4 is 40.2 Å². The number of hydrogen-bond donors (Lipinski definition) is 1. The standard InChI is InChI=1S/C20H18N2O3S/c1-13-11-19(22-16-9-5-3-7-14(13)16)26-12-18(23)21-17-10-6-4-8-15(17)20(24)25-2/h3-11H,12H2,1-2H3,(H,21,23). The Morgan fingerprint density at radius 3 is 2.65 bits per heavy atom. The van der Waals surface area contributed by atoms with Gasteiger partial charge in [-0.25, -0.2) is 9.78 Å². The Morgan fingerprint density at radius 1 is 1.12 bits per heavy atom. The Bertz CT molecular complexity index is 972. The number of aromatic nitrogens is 1. The molecule has 1 heterocycles. The van der Waals surface area contributed by atoms with E-state index in [1.807, 2.05) is 37.3 Å². The van der Waals surface area contributed by atoms with E-state index in [9.17, 15) is 9.59 Å². The van der Waals surface area contributed by atoms with Crippen LogP contribution in [0.2, 0.25) is 0 Å². The number of esters is 1. The van der Waals surface area contributed by atoms with Gasteiger partial charge in [-0.05, 0) is 36.8 Å². The van der Waals surface area contributed by atoms with Crippen LogP contribution in [0, 0.1) is 6.92 Å². The van der Waals surface area contributed by atoms with Crippen LogP contribution in [0.4, 0.5) is 5.69 Å². The molecule has 0 spiro atoms. The minimum Gasteiger partial charge on any atom is -0.465 e. The summed E-state index contributed by atoms with van der Waals surface area (Å²) in [7, 11) is 1.31.